The molecule has 20 heavy (non-hydrogen) atoms. The van der Waals surface area contributed by atoms with Gasteiger partial charge in [-0.05, 0) is 13.8 Å². The summed E-state index contributed by atoms with van der Waals surface area (Å²) >= 11 is 1.49. The summed E-state index contributed by atoms with van der Waals surface area (Å²) in [5.74, 6) is 0. The fraction of sp³-hybridized carbons (Fsp3) is 0.455. The molecule has 0 saturated carbocycles. The van der Waals surface area contributed by atoms with E-state index in [9.17, 15) is 8.42 Å². The maximum atomic E-state index is 12.5. The topological polar surface area (TPSA) is 105 Å². The third-order valence-corrected chi connectivity index (χ3v) is 5.54. The first kappa shape index (κ1) is 15.1. The molecule has 0 spiro atoms. The van der Waals surface area contributed by atoms with Crippen LogP contribution in [-0.4, -0.2) is 35.0 Å². The van der Waals surface area contributed by atoms with E-state index in [0.29, 0.717) is 11.3 Å². The van der Waals surface area contributed by atoms with Gasteiger partial charge in [0.2, 0.25) is 0 Å². The van der Waals surface area contributed by atoms with Crippen LogP contribution < -0.4 is 5.73 Å². The number of sulfonamides is 1. The van der Waals surface area contributed by atoms with E-state index >= 15 is 0 Å². The molecule has 0 bridgehead atoms. The van der Waals surface area contributed by atoms with E-state index in [0.717, 1.165) is 10.7 Å². The Morgan fingerprint density at radius 1 is 1.45 bits per heavy atom. The Kier molecular flexibility index (Phi) is 4.23. The van der Waals surface area contributed by atoms with Crippen LogP contribution in [0.15, 0.2) is 10.4 Å². The summed E-state index contributed by atoms with van der Waals surface area (Å²) in [5, 5.41) is 9.29. The van der Waals surface area contributed by atoms with E-state index in [1.54, 1.807) is 6.92 Å². The Bertz CT molecular complexity index is 704. The monoisotopic (exact) mass is 315 g/mol. The van der Waals surface area contributed by atoms with Crippen LogP contribution in [0.1, 0.15) is 22.0 Å². The predicted molar refractivity (Wildman–Crippen MR) is 76.7 cm³/mol. The van der Waals surface area contributed by atoms with Crippen molar-refractivity contribution in [2.75, 3.05) is 7.05 Å². The average Bonchev–Trinajstić information content (AvgIpc) is 2.95. The molecule has 0 amide bonds. The molecular weight excluding hydrogens is 298 g/mol. The van der Waals surface area contributed by atoms with Crippen molar-refractivity contribution < 1.29 is 8.42 Å². The molecule has 0 aliphatic rings. The van der Waals surface area contributed by atoms with Crippen molar-refractivity contribution in [3.63, 3.8) is 0 Å². The maximum absolute atomic E-state index is 12.5. The normalized spacial score (nSPS) is 12.2. The summed E-state index contributed by atoms with van der Waals surface area (Å²) in [6, 6.07) is 0. The summed E-state index contributed by atoms with van der Waals surface area (Å²) < 4.78 is 26.2. The fourth-order valence-corrected chi connectivity index (χ4v) is 3.74. The molecule has 0 radical (unpaired) electrons. The molecule has 9 heteroatoms. The number of nitrogens with one attached hydrogen (secondary N) is 1. The van der Waals surface area contributed by atoms with E-state index in [1.807, 2.05) is 12.3 Å². The van der Waals surface area contributed by atoms with Gasteiger partial charge in [0.1, 0.15) is 0 Å². The Hall–Kier alpha value is -1.29. The molecule has 2 rings (SSSR count). The quantitative estimate of drug-likeness (QED) is 0.847. The Labute approximate surface area is 121 Å². The highest BCUT2D eigenvalue weighted by molar-refractivity contribution is 7.89. The van der Waals surface area contributed by atoms with Crippen LogP contribution in [0.4, 0.5) is 0 Å². The standard InChI is InChI=1S/C11H17N5O2S2/c1-7-10(4-12)11(15-14-7)20(17,18)16(3)5-9-6-19-8(2)13-9/h6H,4-5,12H2,1-3H3,(H,14,15). The molecule has 110 valence electrons. The molecular formula is C11H17N5O2S2. The molecule has 2 aromatic rings. The molecule has 2 heterocycles. The minimum absolute atomic E-state index is 0.00745. The Morgan fingerprint density at radius 3 is 2.70 bits per heavy atom. The number of aryl methyl sites for hydroxylation is 2. The van der Waals surface area contributed by atoms with E-state index in [2.05, 4.69) is 15.2 Å². The van der Waals surface area contributed by atoms with Gasteiger partial charge in [-0.3, -0.25) is 5.10 Å². The SMILES string of the molecule is Cc1nc(CN(C)S(=O)(=O)c2n[nH]c(C)c2CN)cs1. The number of rotatable bonds is 5. The molecule has 0 aliphatic heterocycles. The highest BCUT2D eigenvalue weighted by atomic mass is 32.2. The Balaban J connectivity index is 2.29. The first-order valence-electron chi connectivity index (χ1n) is 5.97. The first-order chi connectivity index (χ1) is 9.36. The largest absolute Gasteiger partial charge is 0.326 e. The number of hydrogen-bond acceptors (Lipinski definition) is 6. The Morgan fingerprint density at radius 2 is 2.15 bits per heavy atom. The first-order valence-corrected chi connectivity index (χ1v) is 8.29. The van der Waals surface area contributed by atoms with Crippen molar-refractivity contribution in [3.8, 4) is 0 Å². The third kappa shape index (κ3) is 2.75. The van der Waals surface area contributed by atoms with Crippen LogP contribution in [0.25, 0.3) is 0 Å². The molecule has 0 aliphatic carbocycles. The average molecular weight is 315 g/mol. The second kappa shape index (κ2) is 5.60. The van der Waals surface area contributed by atoms with Crippen molar-refractivity contribution in [1.82, 2.24) is 19.5 Å². The zero-order valence-corrected chi connectivity index (χ0v) is 13.2. The van der Waals surface area contributed by atoms with E-state index in [1.165, 1.54) is 22.7 Å². The zero-order chi connectivity index (χ0) is 14.9. The lowest BCUT2D eigenvalue weighted by Gasteiger charge is -2.15. The van der Waals surface area contributed by atoms with Crippen molar-refractivity contribution in [1.29, 1.82) is 0 Å². The van der Waals surface area contributed by atoms with Crippen LogP contribution in [0.5, 0.6) is 0 Å². The minimum atomic E-state index is -3.67. The number of aromatic amines is 1. The summed E-state index contributed by atoms with van der Waals surface area (Å²) in [7, 11) is -2.17. The van der Waals surface area contributed by atoms with Gasteiger partial charge in [0.25, 0.3) is 10.0 Å². The van der Waals surface area contributed by atoms with Crippen LogP contribution in [0.2, 0.25) is 0 Å². The van der Waals surface area contributed by atoms with Crippen LogP contribution in [0.3, 0.4) is 0 Å². The van der Waals surface area contributed by atoms with Crippen molar-refractivity contribution in [2.24, 2.45) is 5.73 Å². The van der Waals surface area contributed by atoms with Crippen molar-refractivity contribution in [2.45, 2.75) is 32.0 Å². The third-order valence-electron chi connectivity index (χ3n) is 2.95. The lowest BCUT2D eigenvalue weighted by atomic mass is 10.3. The summed E-state index contributed by atoms with van der Waals surface area (Å²) in [4.78, 5) is 4.27. The number of H-pyrrole nitrogens is 1. The molecule has 0 fully saturated rings. The molecule has 7 nitrogen and oxygen atoms in total. The van der Waals surface area contributed by atoms with E-state index in [-0.39, 0.29) is 18.1 Å². The smallest absolute Gasteiger partial charge is 0.262 e. The van der Waals surface area contributed by atoms with E-state index in [4.69, 9.17) is 5.73 Å². The highest BCUT2D eigenvalue weighted by Gasteiger charge is 2.28. The molecule has 0 saturated heterocycles. The van der Waals surface area contributed by atoms with Gasteiger partial charge in [-0.15, -0.1) is 11.3 Å². The number of nitrogens with two attached hydrogens (primary N) is 1. The van der Waals surface area contributed by atoms with Gasteiger partial charge in [-0.1, -0.05) is 0 Å². The lowest BCUT2D eigenvalue weighted by molar-refractivity contribution is 0.459. The van der Waals surface area contributed by atoms with Gasteiger partial charge in [-0.2, -0.15) is 9.40 Å². The van der Waals surface area contributed by atoms with Crippen molar-refractivity contribution >= 4 is 21.4 Å². The lowest BCUT2D eigenvalue weighted by Crippen LogP contribution is -2.28. The van der Waals surface area contributed by atoms with Crippen LogP contribution >= 0.6 is 11.3 Å². The summed E-state index contributed by atoms with van der Waals surface area (Å²) in [6.45, 7) is 3.97. The summed E-state index contributed by atoms with van der Waals surface area (Å²) in [5.41, 5.74) is 7.51. The van der Waals surface area contributed by atoms with Gasteiger partial charge in [0.05, 0.1) is 17.2 Å². The van der Waals surface area contributed by atoms with E-state index < -0.39 is 10.0 Å². The van der Waals surface area contributed by atoms with Crippen LogP contribution in [-0.2, 0) is 23.1 Å². The molecule has 0 atom stereocenters. The van der Waals surface area contributed by atoms with Gasteiger partial charge in [0, 0.05) is 30.2 Å². The predicted octanol–water partition coefficient (Wildman–Crippen LogP) is 0.762. The molecule has 0 unspecified atom stereocenters. The van der Waals surface area contributed by atoms with Crippen LogP contribution in [0, 0.1) is 13.8 Å². The summed E-state index contributed by atoms with van der Waals surface area (Å²) in [6.07, 6.45) is 0. The zero-order valence-electron chi connectivity index (χ0n) is 11.5. The number of nitrogens with zero attached hydrogens (tertiary/aromatic N) is 3. The van der Waals surface area contributed by atoms with Gasteiger partial charge in [0.15, 0.2) is 5.03 Å². The minimum Gasteiger partial charge on any atom is -0.326 e. The van der Waals surface area contributed by atoms with Gasteiger partial charge in [-0.25, -0.2) is 13.4 Å². The highest BCUT2D eigenvalue weighted by Crippen LogP contribution is 2.21. The second-order valence-electron chi connectivity index (χ2n) is 4.46. The maximum Gasteiger partial charge on any atom is 0.262 e. The second-order valence-corrected chi connectivity index (χ2v) is 7.48. The van der Waals surface area contributed by atoms with Gasteiger partial charge < -0.3 is 5.73 Å². The molecule has 0 aromatic carbocycles. The molecule has 2 aromatic heterocycles. The number of hydrogen-bond donors (Lipinski definition) is 2. The number of aromatic nitrogens is 3. The number of thiazole rings is 1. The molecule has 3 N–H and O–H groups in total. The van der Waals surface area contributed by atoms with Crippen molar-refractivity contribution in [3.05, 3.63) is 27.3 Å². The fourth-order valence-electron chi connectivity index (χ4n) is 1.83. The van der Waals surface area contributed by atoms with Gasteiger partial charge >= 0.3 is 0 Å².